The van der Waals surface area contributed by atoms with Crippen LogP contribution in [0.25, 0.3) is 0 Å². The van der Waals surface area contributed by atoms with Crippen LogP contribution in [-0.2, 0) is 9.59 Å². The molecule has 0 radical (unpaired) electrons. The summed E-state index contributed by atoms with van der Waals surface area (Å²) in [6.07, 6.45) is 0. The zero-order valence-corrected chi connectivity index (χ0v) is 18.3. The minimum absolute atomic E-state index is 0.0302. The Morgan fingerprint density at radius 1 is 0.871 bits per heavy atom. The topological polar surface area (TPSA) is 83.1 Å². The van der Waals surface area contributed by atoms with Crippen molar-refractivity contribution >= 4 is 17.5 Å². The minimum Gasteiger partial charge on any atom is -0.497 e. The van der Waals surface area contributed by atoms with Crippen molar-refractivity contribution in [2.75, 3.05) is 59.3 Å². The van der Waals surface area contributed by atoms with Crippen molar-refractivity contribution in [3.8, 4) is 11.5 Å². The molecule has 3 rings (SSSR count). The lowest BCUT2D eigenvalue weighted by molar-refractivity contribution is -0.136. The molecule has 0 aliphatic carbocycles. The van der Waals surface area contributed by atoms with Crippen molar-refractivity contribution in [1.82, 2.24) is 15.1 Å². The number of hydrogen-bond acceptors (Lipinski definition) is 6. The third kappa shape index (κ3) is 6.19. The number of methoxy groups -OCH3 is 2. The van der Waals surface area contributed by atoms with Crippen LogP contribution in [-0.4, -0.2) is 75.6 Å². The maximum absolute atomic E-state index is 12.4. The van der Waals surface area contributed by atoms with Crippen molar-refractivity contribution in [2.45, 2.75) is 6.04 Å². The van der Waals surface area contributed by atoms with Crippen molar-refractivity contribution in [2.24, 2.45) is 0 Å². The number of nitrogens with one attached hydrogen (secondary N) is 2. The molecule has 2 N–H and O–H groups in total. The number of carbonyl (C=O) groups is 2. The molecule has 2 aromatic rings. The monoisotopic (exact) mass is 426 g/mol. The number of ether oxygens (including phenoxy) is 2. The van der Waals surface area contributed by atoms with Crippen LogP contribution in [0.15, 0.2) is 48.5 Å². The molecule has 2 amide bonds. The second-order valence-corrected chi connectivity index (χ2v) is 7.52. The van der Waals surface area contributed by atoms with E-state index in [2.05, 4.69) is 27.5 Å². The van der Waals surface area contributed by atoms with E-state index >= 15 is 0 Å². The summed E-state index contributed by atoms with van der Waals surface area (Å²) in [5.41, 5.74) is 1.60. The van der Waals surface area contributed by atoms with Gasteiger partial charge >= 0.3 is 11.8 Å². The SMILES string of the molecule is COc1ccc(NC(=O)C(=O)NC[C@H](c2ccc(OC)cc2)N2CCN(C)CC2)cc1. The number of anilines is 1. The lowest BCUT2D eigenvalue weighted by Crippen LogP contribution is -2.49. The predicted octanol–water partition coefficient (Wildman–Crippen LogP) is 1.75. The molecule has 1 saturated heterocycles. The van der Waals surface area contributed by atoms with Gasteiger partial charge < -0.3 is 25.0 Å². The second-order valence-electron chi connectivity index (χ2n) is 7.52. The summed E-state index contributed by atoms with van der Waals surface area (Å²) in [6, 6.07) is 14.6. The lowest BCUT2D eigenvalue weighted by Gasteiger charge is -2.38. The quantitative estimate of drug-likeness (QED) is 0.657. The van der Waals surface area contributed by atoms with Crippen molar-refractivity contribution in [3.63, 3.8) is 0 Å². The first-order valence-electron chi connectivity index (χ1n) is 10.3. The Morgan fingerprint density at radius 2 is 1.42 bits per heavy atom. The Labute approximate surface area is 183 Å². The van der Waals surface area contributed by atoms with E-state index in [4.69, 9.17) is 9.47 Å². The normalized spacial score (nSPS) is 15.7. The molecule has 1 aliphatic rings. The molecule has 31 heavy (non-hydrogen) atoms. The smallest absolute Gasteiger partial charge is 0.313 e. The Balaban J connectivity index is 1.63. The van der Waals surface area contributed by atoms with Gasteiger partial charge in [-0.15, -0.1) is 0 Å². The van der Waals surface area contributed by atoms with Gasteiger partial charge in [-0.3, -0.25) is 14.5 Å². The van der Waals surface area contributed by atoms with Crippen LogP contribution < -0.4 is 20.1 Å². The van der Waals surface area contributed by atoms with E-state index in [0.29, 0.717) is 18.0 Å². The van der Waals surface area contributed by atoms with Crippen LogP contribution in [0.1, 0.15) is 11.6 Å². The van der Waals surface area contributed by atoms with Crippen LogP contribution in [0.2, 0.25) is 0 Å². The molecule has 2 aromatic carbocycles. The van der Waals surface area contributed by atoms with E-state index in [9.17, 15) is 9.59 Å². The molecule has 1 heterocycles. The average Bonchev–Trinajstić information content (AvgIpc) is 2.81. The van der Waals surface area contributed by atoms with E-state index in [-0.39, 0.29) is 6.04 Å². The third-order valence-corrected chi connectivity index (χ3v) is 5.49. The number of nitrogens with zero attached hydrogens (tertiary/aromatic N) is 2. The number of carbonyl (C=O) groups excluding carboxylic acids is 2. The van der Waals surface area contributed by atoms with Gasteiger partial charge in [-0.25, -0.2) is 0 Å². The van der Waals surface area contributed by atoms with Gasteiger partial charge in [0.2, 0.25) is 0 Å². The summed E-state index contributed by atoms with van der Waals surface area (Å²) < 4.78 is 10.4. The molecule has 8 nitrogen and oxygen atoms in total. The minimum atomic E-state index is -0.697. The van der Waals surface area contributed by atoms with Crippen LogP contribution in [0.3, 0.4) is 0 Å². The fourth-order valence-electron chi connectivity index (χ4n) is 3.55. The molecule has 1 aliphatic heterocycles. The maximum Gasteiger partial charge on any atom is 0.313 e. The fraction of sp³-hybridized carbons (Fsp3) is 0.391. The van der Waals surface area contributed by atoms with E-state index in [0.717, 1.165) is 37.5 Å². The first kappa shape index (κ1) is 22.6. The van der Waals surface area contributed by atoms with Gasteiger partial charge in [0, 0.05) is 38.4 Å². The average molecular weight is 427 g/mol. The van der Waals surface area contributed by atoms with Crippen molar-refractivity contribution in [3.05, 3.63) is 54.1 Å². The Morgan fingerprint density at radius 3 is 1.97 bits per heavy atom. The van der Waals surface area contributed by atoms with Gasteiger partial charge in [0.05, 0.1) is 20.3 Å². The third-order valence-electron chi connectivity index (χ3n) is 5.49. The highest BCUT2D eigenvalue weighted by Gasteiger charge is 2.25. The Hall–Kier alpha value is -3.10. The molecule has 1 atom stereocenters. The molecular weight excluding hydrogens is 396 g/mol. The highest BCUT2D eigenvalue weighted by atomic mass is 16.5. The van der Waals surface area contributed by atoms with E-state index in [1.165, 1.54) is 0 Å². The lowest BCUT2D eigenvalue weighted by atomic mass is 10.0. The number of piperazine rings is 1. The summed E-state index contributed by atoms with van der Waals surface area (Å²) in [5.74, 6) is 0.0984. The zero-order chi connectivity index (χ0) is 22.2. The number of hydrogen-bond donors (Lipinski definition) is 2. The largest absolute Gasteiger partial charge is 0.497 e. The summed E-state index contributed by atoms with van der Waals surface area (Å²) in [4.78, 5) is 29.4. The zero-order valence-electron chi connectivity index (χ0n) is 18.3. The molecule has 166 valence electrons. The molecule has 8 heteroatoms. The summed E-state index contributed by atoms with van der Waals surface area (Å²) in [6.45, 7) is 4.03. The summed E-state index contributed by atoms with van der Waals surface area (Å²) >= 11 is 0. The van der Waals surface area contributed by atoms with Crippen LogP contribution >= 0.6 is 0 Å². The molecule has 1 fully saturated rings. The number of amides is 2. The molecule has 0 spiro atoms. The van der Waals surface area contributed by atoms with Crippen LogP contribution in [0.5, 0.6) is 11.5 Å². The Bertz CT molecular complexity index is 862. The number of rotatable bonds is 7. The highest BCUT2D eigenvalue weighted by molar-refractivity contribution is 6.39. The van der Waals surface area contributed by atoms with Crippen LogP contribution in [0.4, 0.5) is 5.69 Å². The standard InChI is InChI=1S/C23H30N4O4/c1-26-12-14-27(15-13-26)21(17-4-8-19(30-2)9-5-17)16-24-22(28)23(29)25-18-6-10-20(31-3)11-7-18/h4-11,21H,12-16H2,1-3H3,(H,24,28)(H,25,29)/t21-/m1/s1. The number of benzene rings is 2. The maximum atomic E-state index is 12.4. The molecular formula is C23H30N4O4. The first-order chi connectivity index (χ1) is 15.0. The Kier molecular flexibility index (Phi) is 7.86. The van der Waals surface area contributed by atoms with E-state index in [1.807, 2.05) is 24.3 Å². The van der Waals surface area contributed by atoms with Gasteiger partial charge in [-0.05, 0) is 49.0 Å². The molecule has 0 saturated carbocycles. The van der Waals surface area contributed by atoms with Gasteiger partial charge in [-0.2, -0.15) is 0 Å². The first-order valence-corrected chi connectivity index (χ1v) is 10.3. The second kappa shape index (κ2) is 10.8. The molecule has 0 aromatic heterocycles. The highest BCUT2D eigenvalue weighted by Crippen LogP contribution is 2.24. The van der Waals surface area contributed by atoms with Gasteiger partial charge in [0.15, 0.2) is 0 Å². The predicted molar refractivity (Wildman–Crippen MR) is 119 cm³/mol. The van der Waals surface area contributed by atoms with E-state index in [1.54, 1.807) is 38.5 Å². The van der Waals surface area contributed by atoms with Crippen molar-refractivity contribution < 1.29 is 19.1 Å². The van der Waals surface area contributed by atoms with Gasteiger partial charge in [0.25, 0.3) is 0 Å². The van der Waals surface area contributed by atoms with Crippen molar-refractivity contribution in [1.29, 1.82) is 0 Å². The van der Waals surface area contributed by atoms with Crippen LogP contribution in [0, 0.1) is 0 Å². The summed E-state index contributed by atoms with van der Waals surface area (Å²) in [5, 5.41) is 5.41. The molecule has 0 bridgehead atoms. The number of likely N-dealkylation sites (N-methyl/N-ethyl adjacent to an activating group) is 1. The molecule has 0 unspecified atom stereocenters. The van der Waals surface area contributed by atoms with Gasteiger partial charge in [-0.1, -0.05) is 12.1 Å². The van der Waals surface area contributed by atoms with Gasteiger partial charge in [0.1, 0.15) is 11.5 Å². The summed E-state index contributed by atoms with van der Waals surface area (Å²) in [7, 11) is 5.31. The fourth-order valence-corrected chi connectivity index (χ4v) is 3.55. The van der Waals surface area contributed by atoms with E-state index < -0.39 is 11.8 Å².